The maximum Gasteiger partial charge on any atom is 0.254 e. The van der Waals surface area contributed by atoms with Crippen LogP contribution in [0.1, 0.15) is 22.3 Å². The number of halogens is 1. The smallest absolute Gasteiger partial charge is 0.254 e. The Kier molecular flexibility index (Phi) is 6.33. The summed E-state index contributed by atoms with van der Waals surface area (Å²) in [6.45, 7) is 4.12. The molecular weight excluding hydrogens is 432 g/mol. The van der Waals surface area contributed by atoms with Crippen molar-refractivity contribution in [1.29, 1.82) is 0 Å². The number of pyridine rings is 2. The SMILES string of the molecule is O=C(c1cc(-c2ccncc2)nc2ccccc12)N1CCCN(Cc2ccc(Cl)cc2)CC1. The van der Waals surface area contributed by atoms with Crippen LogP contribution in [0.15, 0.2) is 79.1 Å². The fourth-order valence-electron chi connectivity index (χ4n) is 4.37. The van der Waals surface area contributed by atoms with E-state index in [0.29, 0.717) is 12.1 Å². The van der Waals surface area contributed by atoms with Crippen molar-refractivity contribution in [3.05, 3.63) is 95.3 Å². The third-order valence-corrected chi connectivity index (χ3v) is 6.37. The average Bonchev–Trinajstić information content (AvgIpc) is 3.10. The van der Waals surface area contributed by atoms with Crippen molar-refractivity contribution in [3.8, 4) is 11.3 Å². The molecule has 2 aromatic heterocycles. The van der Waals surface area contributed by atoms with E-state index in [-0.39, 0.29) is 5.91 Å². The number of amides is 1. The Morgan fingerprint density at radius 3 is 2.52 bits per heavy atom. The summed E-state index contributed by atoms with van der Waals surface area (Å²) in [6, 6.07) is 21.6. The Labute approximate surface area is 198 Å². The molecule has 0 unspecified atom stereocenters. The number of fused-ring (bicyclic) bond motifs is 1. The summed E-state index contributed by atoms with van der Waals surface area (Å²) in [6.07, 6.45) is 4.44. The van der Waals surface area contributed by atoms with Gasteiger partial charge in [-0.25, -0.2) is 4.98 Å². The summed E-state index contributed by atoms with van der Waals surface area (Å²) >= 11 is 6.02. The van der Waals surface area contributed by atoms with Crippen LogP contribution >= 0.6 is 11.6 Å². The number of carbonyl (C=O) groups is 1. The van der Waals surface area contributed by atoms with E-state index in [0.717, 1.165) is 59.8 Å². The van der Waals surface area contributed by atoms with Crippen LogP contribution < -0.4 is 0 Å². The molecule has 0 atom stereocenters. The summed E-state index contributed by atoms with van der Waals surface area (Å²) in [5, 5.41) is 1.64. The van der Waals surface area contributed by atoms with E-state index in [1.54, 1.807) is 12.4 Å². The molecular formula is C27H25ClN4O. The van der Waals surface area contributed by atoms with Gasteiger partial charge in [0.25, 0.3) is 5.91 Å². The van der Waals surface area contributed by atoms with Crippen molar-refractivity contribution in [2.75, 3.05) is 26.2 Å². The molecule has 0 aliphatic carbocycles. The van der Waals surface area contributed by atoms with Gasteiger partial charge in [-0.05, 0) is 48.4 Å². The van der Waals surface area contributed by atoms with Gasteiger partial charge in [0.15, 0.2) is 0 Å². The minimum absolute atomic E-state index is 0.0669. The zero-order chi connectivity index (χ0) is 22.6. The molecule has 0 radical (unpaired) electrons. The third-order valence-electron chi connectivity index (χ3n) is 6.12. The third kappa shape index (κ3) is 4.90. The minimum Gasteiger partial charge on any atom is -0.337 e. The highest BCUT2D eigenvalue weighted by Crippen LogP contribution is 2.26. The second-order valence-corrected chi connectivity index (χ2v) is 8.79. The van der Waals surface area contributed by atoms with Crippen LogP contribution in [-0.4, -0.2) is 51.9 Å². The summed E-state index contributed by atoms with van der Waals surface area (Å²) in [4.78, 5) is 27.0. The van der Waals surface area contributed by atoms with Gasteiger partial charge in [0.1, 0.15) is 0 Å². The van der Waals surface area contributed by atoms with Crippen LogP contribution in [0, 0.1) is 0 Å². The van der Waals surface area contributed by atoms with Crippen LogP contribution in [0.25, 0.3) is 22.2 Å². The Hall–Kier alpha value is -3.28. The quantitative estimate of drug-likeness (QED) is 0.418. The minimum atomic E-state index is 0.0669. The summed E-state index contributed by atoms with van der Waals surface area (Å²) < 4.78 is 0. The summed E-state index contributed by atoms with van der Waals surface area (Å²) in [5.41, 5.74) is 4.52. The normalized spacial score (nSPS) is 14.9. The highest BCUT2D eigenvalue weighted by molar-refractivity contribution is 6.30. The van der Waals surface area contributed by atoms with Gasteiger partial charge in [0, 0.05) is 61.1 Å². The second kappa shape index (κ2) is 9.69. The number of para-hydroxylation sites is 1. The van der Waals surface area contributed by atoms with E-state index in [1.165, 1.54) is 5.56 Å². The van der Waals surface area contributed by atoms with Crippen molar-refractivity contribution in [2.45, 2.75) is 13.0 Å². The molecule has 33 heavy (non-hydrogen) atoms. The molecule has 166 valence electrons. The molecule has 1 amide bonds. The van der Waals surface area contributed by atoms with Gasteiger partial charge < -0.3 is 4.90 Å². The Bertz CT molecular complexity index is 1260. The van der Waals surface area contributed by atoms with E-state index in [4.69, 9.17) is 16.6 Å². The lowest BCUT2D eigenvalue weighted by atomic mass is 10.0. The largest absolute Gasteiger partial charge is 0.337 e. The van der Waals surface area contributed by atoms with Gasteiger partial charge in [0.2, 0.25) is 0 Å². The van der Waals surface area contributed by atoms with Crippen molar-refractivity contribution in [2.24, 2.45) is 0 Å². The van der Waals surface area contributed by atoms with E-state index < -0.39 is 0 Å². The number of aromatic nitrogens is 2. The van der Waals surface area contributed by atoms with Crippen molar-refractivity contribution >= 4 is 28.4 Å². The molecule has 0 saturated carbocycles. The first-order chi connectivity index (χ1) is 16.2. The molecule has 2 aromatic carbocycles. The molecule has 3 heterocycles. The monoisotopic (exact) mass is 456 g/mol. The van der Waals surface area contributed by atoms with Gasteiger partial charge in [-0.2, -0.15) is 0 Å². The van der Waals surface area contributed by atoms with Gasteiger partial charge in [-0.15, -0.1) is 0 Å². The predicted octanol–water partition coefficient (Wildman–Crippen LogP) is 5.30. The van der Waals surface area contributed by atoms with Crippen LogP contribution in [0.5, 0.6) is 0 Å². The van der Waals surface area contributed by atoms with Crippen LogP contribution in [0.2, 0.25) is 5.02 Å². The second-order valence-electron chi connectivity index (χ2n) is 8.36. The Balaban J connectivity index is 1.38. The van der Waals surface area contributed by atoms with Gasteiger partial charge >= 0.3 is 0 Å². The maximum atomic E-state index is 13.7. The van der Waals surface area contributed by atoms with Crippen molar-refractivity contribution in [3.63, 3.8) is 0 Å². The molecule has 0 N–H and O–H groups in total. The molecule has 5 nitrogen and oxygen atoms in total. The van der Waals surface area contributed by atoms with Gasteiger partial charge in [-0.3, -0.25) is 14.7 Å². The fourth-order valence-corrected chi connectivity index (χ4v) is 4.50. The number of carbonyl (C=O) groups excluding carboxylic acids is 1. The predicted molar refractivity (Wildman–Crippen MR) is 132 cm³/mol. The highest BCUT2D eigenvalue weighted by Gasteiger charge is 2.23. The van der Waals surface area contributed by atoms with E-state index >= 15 is 0 Å². The standard InChI is InChI=1S/C27H25ClN4O/c28-22-8-6-20(7-9-22)19-31-14-3-15-32(17-16-31)27(33)24-18-26(21-10-12-29-13-11-21)30-25-5-2-1-4-23(24)25/h1-2,4-13,18H,3,14-17,19H2. The first-order valence-corrected chi connectivity index (χ1v) is 11.6. The lowest BCUT2D eigenvalue weighted by Crippen LogP contribution is -2.35. The van der Waals surface area contributed by atoms with E-state index in [2.05, 4.69) is 22.0 Å². The molecule has 4 aromatic rings. The lowest BCUT2D eigenvalue weighted by molar-refractivity contribution is 0.0763. The number of hydrogen-bond acceptors (Lipinski definition) is 4. The molecule has 0 bridgehead atoms. The molecule has 0 spiro atoms. The summed E-state index contributed by atoms with van der Waals surface area (Å²) in [5.74, 6) is 0.0669. The topological polar surface area (TPSA) is 49.3 Å². The van der Waals surface area contributed by atoms with Crippen LogP contribution in [0.3, 0.4) is 0 Å². The first kappa shape index (κ1) is 21.6. The van der Waals surface area contributed by atoms with Crippen molar-refractivity contribution < 1.29 is 4.79 Å². The molecule has 1 aliphatic heterocycles. The van der Waals surface area contributed by atoms with Crippen molar-refractivity contribution in [1.82, 2.24) is 19.8 Å². The molecule has 1 fully saturated rings. The highest BCUT2D eigenvalue weighted by atomic mass is 35.5. The number of rotatable bonds is 4. The molecule has 1 saturated heterocycles. The van der Waals surface area contributed by atoms with Gasteiger partial charge in [-0.1, -0.05) is 41.9 Å². The zero-order valence-electron chi connectivity index (χ0n) is 18.3. The number of nitrogens with zero attached hydrogens (tertiary/aromatic N) is 4. The molecule has 6 heteroatoms. The zero-order valence-corrected chi connectivity index (χ0v) is 19.1. The number of hydrogen-bond donors (Lipinski definition) is 0. The summed E-state index contributed by atoms with van der Waals surface area (Å²) in [7, 11) is 0. The van der Waals surface area contributed by atoms with E-state index in [1.807, 2.05) is 59.5 Å². The van der Waals surface area contributed by atoms with Gasteiger partial charge in [0.05, 0.1) is 16.8 Å². The fraction of sp³-hybridized carbons (Fsp3) is 0.222. The van der Waals surface area contributed by atoms with E-state index in [9.17, 15) is 4.79 Å². The molecule has 1 aliphatic rings. The lowest BCUT2D eigenvalue weighted by Gasteiger charge is -2.23. The average molecular weight is 457 g/mol. The van der Waals surface area contributed by atoms with Crippen LogP contribution in [0.4, 0.5) is 0 Å². The Morgan fingerprint density at radius 2 is 1.70 bits per heavy atom. The molecule has 5 rings (SSSR count). The Morgan fingerprint density at radius 1 is 0.909 bits per heavy atom. The maximum absolute atomic E-state index is 13.7. The number of benzene rings is 2. The first-order valence-electron chi connectivity index (χ1n) is 11.2. The van der Waals surface area contributed by atoms with Crippen LogP contribution in [-0.2, 0) is 6.54 Å².